The van der Waals surface area contributed by atoms with Crippen molar-refractivity contribution in [2.75, 3.05) is 0 Å². The number of carbonyl (C=O) groups excluding carboxylic acids is 8. The largest absolute Gasteiger partial charge is 0.391 e. The highest BCUT2D eigenvalue weighted by atomic mass is 19.4. The lowest BCUT2D eigenvalue weighted by atomic mass is 9.52. The van der Waals surface area contributed by atoms with Crippen molar-refractivity contribution in [3.8, 4) is 0 Å². The first-order valence-electron chi connectivity index (χ1n) is 13.7. The predicted molar refractivity (Wildman–Crippen MR) is 139 cm³/mol. The Kier molecular flexibility index (Phi) is 9.02. The molecular formula is C30H39F3O8. The zero-order valence-electron chi connectivity index (χ0n) is 25.0. The van der Waals surface area contributed by atoms with E-state index in [4.69, 9.17) is 0 Å². The lowest BCUT2D eigenvalue weighted by Gasteiger charge is -2.45. The smallest absolute Gasteiger partial charge is 0.298 e. The molecule has 0 spiro atoms. The highest BCUT2D eigenvalue weighted by Gasteiger charge is 2.65. The molecule has 228 valence electrons. The molecule has 2 saturated carbocycles. The molecule has 0 N–H and O–H groups in total. The third-order valence-electron chi connectivity index (χ3n) is 8.95. The van der Waals surface area contributed by atoms with Crippen molar-refractivity contribution in [2.24, 2.45) is 45.3 Å². The summed E-state index contributed by atoms with van der Waals surface area (Å²) in [6, 6.07) is 0. The van der Waals surface area contributed by atoms with E-state index in [0.717, 1.165) is 13.8 Å². The number of hydrogen-bond donors (Lipinski definition) is 0. The van der Waals surface area contributed by atoms with Crippen LogP contribution in [0.5, 0.6) is 0 Å². The van der Waals surface area contributed by atoms with Gasteiger partial charge in [-0.2, -0.15) is 13.2 Å². The monoisotopic (exact) mass is 584 g/mol. The molecule has 5 unspecified atom stereocenters. The fraction of sp³-hybridized carbons (Fsp3) is 0.733. The molecular weight excluding hydrogens is 545 g/mol. The van der Waals surface area contributed by atoms with Crippen molar-refractivity contribution < 1.29 is 51.5 Å². The maximum atomic E-state index is 13.6. The number of Topliss-reactive ketones (excluding diaryl/α,β-unsaturated/α-hetero) is 8. The average molecular weight is 585 g/mol. The quantitative estimate of drug-likeness (QED) is 0.367. The van der Waals surface area contributed by atoms with E-state index in [0.29, 0.717) is 0 Å². The predicted octanol–water partition coefficient (Wildman–Crippen LogP) is 4.28. The number of alkyl halides is 3. The van der Waals surface area contributed by atoms with Gasteiger partial charge in [0.05, 0.1) is 27.6 Å². The minimum Gasteiger partial charge on any atom is -0.298 e. The second-order valence-electron chi connectivity index (χ2n) is 13.6. The van der Waals surface area contributed by atoms with E-state index in [1.54, 1.807) is 13.8 Å². The van der Waals surface area contributed by atoms with Crippen LogP contribution in [0.15, 0.2) is 0 Å². The molecule has 5 atom stereocenters. The van der Waals surface area contributed by atoms with Gasteiger partial charge in [0, 0.05) is 12.8 Å². The van der Waals surface area contributed by atoms with Crippen molar-refractivity contribution in [1.29, 1.82) is 0 Å². The summed E-state index contributed by atoms with van der Waals surface area (Å²) in [4.78, 5) is 106. The van der Waals surface area contributed by atoms with E-state index >= 15 is 0 Å². The molecule has 0 heterocycles. The van der Waals surface area contributed by atoms with E-state index in [9.17, 15) is 51.5 Å². The Hall–Kier alpha value is -2.85. The van der Waals surface area contributed by atoms with Gasteiger partial charge in [0.15, 0.2) is 46.3 Å². The summed E-state index contributed by atoms with van der Waals surface area (Å²) in [7, 11) is 0. The minimum atomic E-state index is -4.75. The van der Waals surface area contributed by atoms with Gasteiger partial charge < -0.3 is 0 Å². The van der Waals surface area contributed by atoms with Crippen molar-refractivity contribution in [1.82, 2.24) is 0 Å². The Balaban J connectivity index is 2.53. The Morgan fingerprint density at radius 3 is 1.24 bits per heavy atom. The zero-order chi connectivity index (χ0) is 32.3. The molecule has 2 aliphatic carbocycles. The molecule has 0 aromatic heterocycles. The van der Waals surface area contributed by atoms with Crippen molar-refractivity contribution in [3.05, 3.63) is 0 Å². The Bertz CT molecular complexity index is 1220. The SMILES string of the molecule is CC(C)CC(=O)C1C(=O)C(C)(C)C(=O)C(C)(CCC2(C)C(=O)C(C(=O)CC(C)C(F)(F)F)C(=O)C(C)(C)C2=O)C1=O. The van der Waals surface area contributed by atoms with E-state index < -0.39 is 111 Å². The summed E-state index contributed by atoms with van der Waals surface area (Å²) in [5.41, 5.74) is -7.72. The first-order chi connectivity index (χ1) is 18.3. The molecule has 0 amide bonds. The summed E-state index contributed by atoms with van der Waals surface area (Å²) in [6.45, 7) is 11.5. The van der Waals surface area contributed by atoms with Crippen LogP contribution in [0.2, 0.25) is 0 Å². The second kappa shape index (κ2) is 10.8. The van der Waals surface area contributed by atoms with Gasteiger partial charge >= 0.3 is 6.18 Å². The maximum absolute atomic E-state index is 13.6. The normalized spacial score (nSPS) is 31.0. The molecule has 41 heavy (non-hydrogen) atoms. The first kappa shape index (κ1) is 34.4. The number of rotatable bonds is 9. The van der Waals surface area contributed by atoms with Crippen molar-refractivity contribution >= 4 is 46.3 Å². The van der Waals surface area contributed by atoms with E-state index in [1.807, 2.05) is 0 Å². The molecule has 0 aromatic rings. The summed E-state index contributed by atoms with van der Waals surface area (Å²) in [6.07, 6.45) is -6.96. The molecule has 11 heteroatoms. The highest BCUT2D eigenvalue weighted by Crippen LogP contribution is 2.50. The van der Waals surface area contributed by atoms with Gasteiger partial charge in [-0.1, -0.05) is 20.8 Å². The minimum absolute atomic E-state index is 0.0897. The fourth-order valence-electron chi connectivity index (χ4n) is 6.04. The van der Waals surface area contributed by atoms with Crippen LogP contribution >= 0.6 is 0 Å². The topological polar surface area (TPSA) is 137 Å². The van der Waals surface area contributed by atoms with E-state index in [2.05, 4.69) is 0 Å². The van der Waals surface area contributed by atoms with Gasteiger partial charge in [-0.25, -0.2) is 0 Å². The standard InChI is InChI=1S/C30H39F3O8/c1-14(2)12-16(34)18-20(36)26(4,5)24(40)28(8,22(18)38)10-11-29(9)23(39)19(21(37)27(6,7)25(29)41)17(35)13-15(3)30(31,32)33/h14-15,18-19H,10-13H2,1-9H3. The van der Waals surface area contributed by atoms with Crippen LogP contribution < -0.4 is 0 Å². The molecule has 0 bridgehead atoms. The molecule has 8 nitrogen and oxygen atoms in total. The number of halogens is 3. The number of carbonyl (C=O) groups is 8. The molecule has 0 aromatic carbocycles. The Morgan fingerprint density at radius 2 is 0.951 bits per heavy atom. The van der Waals surface area contributed by atoms with Crippen LogP contribution in [-0.2, 0) is 38.4 Å². The maximum Gasteiger partial charge on any atom is 0.391 e. The molecule has 2 fully saturated rings. The Labute approximate surface area is 237 Å². The van der Waals surface area contributed by atoms with Crippen LogP contribution in [0, 0.1) is 45.3 Å². The second-order valence-corrected chi connectivity index (χ2v) is 13.6. The van der Waals surface area contributed by atoms with Crippen LogP contribution in [-0.4, -0.2) is 52.4 Å². The highest BCUT2D eigenvalue weighted by molar-refractivity contribution is 6.36. The number of hydrogen-bond acceptors (Lipinski definition) is 8. The molecule has 2 aliphatic rings. The van der Waals surface area contributed by atoms with Crippen LogP contribution in [0.1, 0.15) is 88.0 Å². The van der Waals surface area contributed by atoms with Crippen LogP contribution in [0.25, 0.3) is 0 Å². The summed E-state index contributed by atoms with van der Waals surface area (Å²) in [5.74, 6) is -13.8. The van der Waals surface area contributed by atoms with Gasteiger partial charge in [0.1, 0.15) is 11.8 Å². The molecule has 0 radical (unpaired) electrons. The first-order valence-corrected chi connectivity index (χ1v) is 13.7. The number of ketones is 8. The summed E-state index contributed by atoms with van der Waals surface area (Å²) < 4.78 is 39.4. The van der Waals surface area contributed by atoms with Gasteiger partial charge in [-0.05, 0) is 60.3 Å². The zero-order valence-corrected chi connectivity index (χ0v) is 25.0. The van der Waals surface area contributed by atoms with Crippen molar-refractivity contribution in [3.63, 3.8) is 0 Å². The third-order valence-corrected chi connectivity index (χ3v) is 8.95. The van der Waals surface area contributed by atoms with Crippen LogP contribution in [0.3, 0.4) is 0 Å². The van der Waals surface area contributed by atoms with E-state index in [-0.39, 0.29) is 12.3 Å². The van der Waals surface area contributed by atoms with Crippen molar-refractivity contribution in [2.45, 2.75) is 94.2 Å². The summed E-state index contributed by atoms with van der Waals surface area (Å²) in [5, 5.41) is 0. The van der Waals surface area contributed by atoms with Gasteiger partial charge in [0.25, 0.3) is 0 Å². The lowest BCUT2D eigenvalue weighted by molar-refractivity contribution is -0.177. The molecule has 2 rings (SSSR count). The molecule has 0 saturated heterocycles. The van der Waals surface area contributed by atoms with Crippen LogP contribution in [0.4, 0.5) is 13.2 Å². The van der Waals surface area contributed by atoms with Gasteiger partial charge in [-0.15, -0.1) is 0 Å². The summed E-state index contributed by atoms with van der Waals surface area (Å²) >= 11 is 0. The van der Waals surface area contributed by atoms with Gasteiger partial charge in [-0.3, -0.25) is 38.4 Å². The Morgan fingerprint density at radius 1 is 0.634 bits per heavy atom. The molecule has 0 aliphatic heterocycles. The van der Waals surface area contributed by atoms with E-state index in [1.165, 1.54) is 34.6 Å². The average Bonchev–Trinajstić information content (AvgIpc) is 2.83. The third kappa shape index (κ3) is 5.65. The lowest BCUT2D eigenvalue weighted by Crippen LogP contribution is -2.62. The van der Waals surface area contributed by atoms with Gasteiger partial charge in [0.2, 0.25) is 0 Å². The fourth-order valence-corrected chi connectivity index (χ4v) is 6.04.